The van der Waals surface area contributed by atoms with Gasteiger partial charge in [0.05, 0.1) is 16.4 Å². The summed E-state index contributed by atoms with van der Waals surface area (Å²) < 4.78 is 1.98. The molecule has 21 heavy (non-hydrogen) atoms. The van der Waals surface area contributed by atoms with Gasteiger partial charge in [-0.15, -0.1) is 0 Å². The highest BCUT2D eigenvalue weighted by Gasteiger charge is 2.43. The second kappa shape index (κ2) is 6.29. The van der Waals surface area contributed by atoms with Crippen molar-refractivity contribution in [3.63, 3.8) is 0 Å². The van der Waals surface area contributed by atoms with E-state index in [1.165, 1.54) is 37.8 Å². The number of nitrogens with zero attached hydrogens (tertiary/aromatic N) is 2. The molecule has 2 aliphatic rings. The van der Waals surface area contributed by atoms with Crippen molar-refractivity contribution < 1.29 is 0 Å². The topological polar surface area (TPSA) is 29.9 Å². The first-order valence-corrected chi connectivity index (χ1v) is 8.89. The van der Waals surface area contributed by atoms with Gasteiger partial charge in [0.15, 0.2) is 0 Å². The fourth-order valence-corrected chi connectivity index (χ4v) is 4.84. The maximum atomic E-state index is 6.47. The van der Waals surface area contributed by atoms with E-state index >= 15 is 0 Å². The first-order chi connectivity index (χ1) is 10.1. The Morgan fingerprint density at radius 1 is 1.38 bits per heavy atom. The van der Waals surface area contributed by atoms with Crippen LogP contribution in [0.5, 0.6) is 0 Å². The third-order valence-electron chi connectivity index (χ3n) is 5.64. The van der Waals surface area contributed by atoms with Crippen LogP contribution in [0.25, 0.3) is 0 Å². The third kappa shape index (κ3) is 3.00. The van der Waals surface area contributed by atoms with Gasteiger partial charge in [0.1, 0.15) is 0 Å². The van der Waals surface area contributed by atoms with Gasteiger partial charge >= 0.3 is 0 Å². The van der Waals surface area contributed by atoms with E-state index in [2.05, 4.69) is 17.3 Å². The van der Waals surface area contributed by atoms with Crippen molar-refractivity contribution in [1.29, 1.82) is 0 Å². The number of hydrogen-bond acceptors (Lipinski definition) is 2. The minimum atomic E-state index is 0.563. The summed E-state index contributed by atoms with van der Waals surface area (Å²) in [6.45, 7) is 5.34. The van der Waals surface area contributed by atoms with E-state index in [1.54, 1.807) is 0 Å². The smallest absolute Gasteiger partial charge is 0.0847 e. The standard InChI is InChI=1S/C17H28ClN3/c1-4-7-19-15(14-9-12-5-6-13(14)8-12)10-16-17(18)11(2)20-21(16)3/h12-15,19H,4-10H2,1-3H3. The minimum absolute atomic E-state index is 0.563. The molecule has 0 aliphatic heterocycles. The maximum Gasteiger partial charge on any atom is 0.0847 e. The summed E-state index contributed by atoms with van der Waals surface area (Å²) in [5, 5.41) is 9.15. The Kier molecular flexibility index (Phi) is 4.60. The van der Waals surface area contributed by atoms with Gasteiger partial charge in [0.25, 0.3) is 0 Å². The van der Waals surface area contributed by atoms with E-state index in [-0.39, 0.29) is 0 Å². The van der Waals surface area contributed by atoms with E-state index in [1.807, 2.05) is 18.7 Å². The second-order valence-electron chi connectivity index (χ2n) is 7.07. The van der Waals surface area contributed by atoms with Crippen LogP contribution in [-0.2, 0) is 13.5 Å². The maximum absolute atomic E-state index is 6.47. The number of halogens is 1. The molecule has 3 nitrogen and oxygen atoms in total. The number of aryl methyl sites for hydroxylation is 2. The SMILES string of the molecule is CCCNC(Cc1c(Cl)c(C)nn1C)C1CC2CCC1C2. The van der Waals surface area contributed by atoms with Gasteiger partial charge in [-0.25, -0.2) is 0 Å². The predicted octanol–water partition coefficient (Wildman–Crippen LogP) is 3.73. The lowest BCUT2D eigenvalue weighted by atomic mass is 9.81. The van der Waals surface area contributed by atoms with Crippen LogP contribution in [0.1, 0.15) is 50.4 Å². The van der Waals surface area contributed by atoms with E-state index < -0.39 is 0 Å². The van der Waals surface area contributed by atoms with E-state index in [4.69, 9.17) is 11.6 Å². The van der Waals surface area contributed by atoms with Crippen LogP contribution in [0.3, 0.4) is 0 Å². The van der Waals surface area contributed by atoms with Crippen LogP contribution in [0.2, 0.25) is 5.02 Å². The largest absolute Gasteiger partial charge is 0.313 e. The number of rotatable bonds is 6. The average molecular weight is 310 g/mol. The van der Waals surface area contributed by atoms with Crippen LogP contribution in [-0.4, -0.2) is 22.4 Å². The molecule has 2 saturated carbocycles. The average Bonchev–Trinajstić information content (AvgIpc) is 3.14. The molecule has 118 valence electrons. The van der Waals surface area contributed by atoms with Gasteiger partial charge in [0.2, 0.25) is 0 Å². The zero-order valence-electron chi connectivity index (χ0n) is 13.5. The molecule has 0 amide bonds. The zero-order valence-corrected chi connectivity index (χ0v) is 14.3. The van der Waals surface area contributed by atoms with Crippen molar-refractivity contribution in [2.24, 2.45) is 24.8 Å². The van der Waals surface area contributed by atoms with E-state index in [0.29, 0.717) is 6.04 Å². The quantitative estimate of drug-likeness (QED) is 0.868. The summed E-state index contributed by atoms with van der Waals surface area (Å²) in [5.74, 6) is 2.77. The summed E-state index contributed by atoms with van der Waals surface area (Å²) in [6, 6.07) is 0.563. The third-order valence-corrected chi connectivity index (χ3v) is 6.13. The Morgan fingerprint density at radius 2 is 2.19 bits per heavy atom. The number of nitrogens with one attached hydrogen (secondary N) is 1. The van der Waals surface area contributed by atoms with Crippen molar-refractivity contribution in [2.45, 2.75) is 58.4 Å². The second-order valence-corrected chi connectivity index (χ2v) is 7.45. The molecule has 0 aromatic carbocycles. The molecule has 1 N–H and O–H groups in total. The molecular formula is C17H28ClN3. The lowest BCUT2D eigenvalue weighted by Crippen LogP contribution is -2.41. The van der Waals surface area contributed by atoms with Gasteiger partial charge in [0, 0.05) is 19.5 Å². The Balaban J connectivity index is 1.76. The van der Waals surface area contributed by atoms with Crippen LogP contribution in [0, 0.1) is 24.7 Å². The molecule has 4 heteroatoms. The Labute approximate surface area is 133 Å². The monoisotopic (exact) mass is 309 g/mol. The molecular weight excluding hydrogens is 282 g/mol. The van der Waals surface area contributed by atoms with Gasteiger partial charge in [-0.2, -0.15) is 5.10 Å². The van der Waals surface area contributed by atoms with Crippen LogP contribution in [0.4, 0.5) is 0 Å². The highest BCUT2D eigenvalue weighted by Crippen LogP contribution is 2.50. The number of aromatic nitrogens is 2. The normalized spacial score (nSPS) is 29.2. The number of fused-ring (bicyclic) bond motifs is 2. The summed E-state index contributed by atoms with van der Waals surface area (Å²) in [5.41, 5.74) is 2.15. The van der Waals surface area contributed by atoms with E-state index in [9.17, 15) is 0 Å². The van der Waals surface area contributed by atoms with Crippen molar-refractivity contribution in [3.05, 3.63) is 16.4 Å². The summed E-state index contributed by atoms with van der Waals surface area (Å²) in [7, 11) is 2.02. The van der Waals surface area contributed by atoms with Crippen molar-refractivity contribution in [1.82, 2.24) is 15.1 Å². The molecule has 4 unspecified atom stereocenters. The lowest BCUT2D eigenvalue weighted by Gasteiger charge is -2.31. The molecule has 1 aromatic heterocycles. The molecule has 0 radical (unpaired) electrons. The Hall–Kier alpha value is -0.540. The fraction of sp³-hybridized carbons (Fsp3) is 0.824. The molecule has 1 heterocycles. The van der Waals surface area contributed by atoms with Crippen molar-refractivity contribution in [2.75, 3.05) is 6.54 Å². The van der Waals surface area contributed by atoms with Gasteiger partial charge in [-0.05, 0) is 56.9 Å². The number of hydrogen-bond donors (Lipinski definition) is 1. The van der Waals surface area contributed by atoms with Crippen molar-refractivity contribution >= 4 is 11.6 Å². The van der Waals surface area contributed by atoms with Gasteiger partial charge < -0.3 is 5.32 Å². The molecule has 0 spiro atoms. The molecule has 2 bridgehead atoms. The Morgan fingerprint density at radius 3 is 2.71 bits per heavy atom. The first-order valence-electron chi connectivity index (χ1n) is 8.51. The minimum Gasteiger partial charge on any atom is -0.313 e. The molecule has 3 rings (SSSR count). The first kappa shape index (κ1) is 15.4. The van der Waals surface area contributed by atoms with Crippen LogP contribution < -0.4 is 5.32 Å². The van der Waals surface area contributed by atoms with Crippen LogP contribution in [0.15, 0.2) is 0 Å². The Bertz CT molecular complexity index is 496. The zero-order chi connectivity index (χ0) is 15.0. The van der Waals surface area contributed by atoms with Gasteiger partial charge in [-0.1, -0.05) is 24.9 Å². The summed E-state index contributed by atoms with van der Waals surface area (Å²) in [4.78, 5) is 0. The summed E-state index contributed by atoms with van der Waals surface area (Å²) >= 11 is 6.47. The highest BCUT2D eigenvalue weighted by molar-refractivity contribution is 6.31. The molecule has 2 fully saturated rings. The molecule has 0 saturated heterocycles. The van der Waals surface area contributed by atoms with Gasteiger partial charge in [-0.3, -0.25) is 4.68 Å². The van der Waals surface area contributed by atoms with E-state index in [0.717, 1.165) is 41.4 Å². The molecule has 1 aromatic rings. The highest BCUT2D eigenvalue weighted by atomic mass is 35.5. The fourth-order valence-electron chi connectivity index (χ4n) is 4.60. The molecule has 2 aliphatic carbocycles. The van der Waals surface area contributed by atoms with Crippen LogP contribution >= 0.6 is 11.6 Å². The summed E-state index contributed by atoms with van der Waals surface area (Å²) in [6.07, 6.45) is 8.00. The van der Waals surface area contributed by atoms with Crippen molar-refractivity contribution in [3.8, 4) is 0 Å². The lowest BCUT2D eigenvalue weighted by molar-refractivity contribution is 0.244. The predicted molar refractivity (Wildman–Crippen MR) is 87.7 cm³/mol. The molecule has 4 atom stereocenters.